The molecule has 15 heavy (non-hydrogen) atoms. The SMILES string of the molecule is Nc1nc(N)nc(NCn2cccc2)n1. The van der Waals surface area contributed by atoms with Crippen molar-refractivity contribution in [3.8, 4) is 0 Å². The fourth-order valence-corrected chi connectivity index (χ4v) is 1.13. The van der Waals surface area contributed by atoms with Gasteiger partial charge in [-0.3, -0.25) is 0 Å². The smallest absolute Gasteiger partial charge is 0.230 e. The van der Waals surface area contributed by atoms with Gasteiger partial charge in [-0.05, 0) is 12.1 Å². The molecule has 2 aromatic heterocycles. The van der Waals surface area contributed by atoms with E-state index in [2.05, 4.69) is 20.3 Å². The molecule has 7 heteroatoms. The zero-order valence-electron chi connectivity index (χ0n) is 7.96. The lowest BCUT2D eigenvalue weighted by atomic mass is 10.7. The Hall–Kier alpha value is -2.31. The normalized spacial score (nSPS) is 10.1. The highest BCUT2D eigenvalue weighted by Crippen LogP contribution is 2.03. The molecular formula is C8H11N7. The lowest BCUT2D eigenvalue weighted by molar-refractivity contribution is 0.771. The molecule has 0 aliphatic heterocycles. The number of nitrogens with zero attached hydrogens (tertiary/aromatic N) is 4. The van der Waals surface area contributed by atoms with Crippen molar-refractivity contribution in [2.75, 3.05) is 16.8 Å². The minimum Gasteiger partial charge on any atom is -0.368 e. The molecule has 0 aromatic carbocycles. The molecule has 0 atom stereocenters. The van der Waals surface area contributed by atoms with Crippen molar-refractivity contribution in [2.24, 2.45) is 0 Å². The molecule has 2 heterocycles. The second-order valence-electron chi connectivity index (χ2n) is 2.91. The number of nitrogens with two attached hydrogens (primary N) is 2. The first-order chi connectivity index (χ1) is 7.24. The molecule has 0 saturated carbocycles. The Labute approximate surface area is 86.2 Å². The molecule has 0 spiro atoms. The lowest BCUT2D eigenvalue weighted by Crippen LogP contribution is -2.11. The van der Waals surface area contributed by atoms with Crippen molar-refractivity contribution < 1.29 is 0 Å². The molecule has 7 nitrogen and oxygen atoms in total. The van der Waals surface area contributed by atoms with E-state index >= 15 is 0 Å². The maximum absolute atomic E-state index is 5.42. The van der Waals surface area contributed by atoms with E-state index in [4.69, 9.17) is 11.5 Å². The van der Waals surface area contributed by atoms with E-state index in [1.807, 2.05) is 29.1 Å². The lowest BCUT2D eigenvalue weighted by Gasteiger charge is -2.06. The van der Waals surface area contributed by atoms with Crippen LogP contribution >= 0.6 is 0 Å². The van der Waals surface area contributed by atoms with Gasteiger partial charge in [-0.2, -0.15) is 15.0 Å². The highest BCUT2D eigenvalue weighted by molar-refractivity contribution is 5.36. The number of hydrogen-bond acceptors (Lipinski definition) is 6. The van der Waals surface area contributed by atoms with Gasteiger partial charge in [0.25, 0.3) is 0 Å². The van der Waals surface area contributed by atoms with Gasteiger partial charge < -0.3 is 21.4 Å². The van der Waals surface area contributed by atoms with E-state index in [1.165, 1.54) is 0 Å². The largest absolute Gasteiger partial charge is 0.368 e. The number of hydrogen-bond donors (Lipinski definition) is 3. The Morgan fingerprint density at radius 1 is 1.07 bits per heavy atom. The van der Waals surface area contributed by atoms with Gasteiger partial charge in [0.2, 0.25) is 17.8 Å². The first kappa shape index (κ1) is 9.25. The minimum atomic E-state index is 0.109. The summed E-state index contributed by atoms with van der Waals surface area (Å²) in [6, 6.07) is 3.86. The zero-order chi connectivity index (χ0) is 10.7. The zero-order valence-corrected chi connectivity index (χ0v) is 7.96. The summed E-state index contributed by atoms with van der Waals surface area (Å²) in [5.74, 6) is 0.587. The summed E-state index contributed by atoms with van der Waals surface area (Å²) in [4.78, 5) is 11.4. The molecule has 0 aliphatic rings. The predicted octanol–water partition coefficient (Wildman–Crippen LogP) is -0.0929. The molecule has 0 amide bonds. The molecule has 0 saturated heterocycles. The van der Waals surface area contributed by atoms with Crippen LogP contribution in [0.3, 0.4) is 0 Å². The molecule has 0 aliphatic carbocycles. The maximum Gasteiger partial charge on any atom is 0.230 e. The van der Waals surface area contributed by atoms with E-state index < -0.39 is 0 Å². The van der Waals surface area contributed by atoms with Gasteiger partial charge in [0.05, 0.1) is 6.67 Å². The van der Waals surface area contributed by atoms with Crippen LogP contribution in [0, 0.1) is 0 Å². The van der Waals surface area contributed by atoms with Crippen molar-refractivity contribution in [1.82, 2.24) is 19.5 Å². The second-order valence-corrected chi connectivity index (χ2v) is 2.91. The van der Waals surface area contributed by atoms with Gasteiger partial charge in [0.15, 0.2) is 0 Å². The van der Waals surface area contributed by atoms with Crippen molar-refractivity contribution in [2.45, 2.75) is 6.67 Å². The van der Waals surface area contributed by atoms with E-state index in [9.17, 15) is 0 Å². The van der Waals surface area contributed by atoms with Crippen LogP contribution < -0.4 is 16.8 Å². The van der Waals surface area contributed by atoms with Crippen LogP contribution in [0.1, 0.15) is 0 Å². The van der Waals surface area contributed by atoms with Crippen LogP contribution in [-0.2, 0) is 6.67 Å². The van der Waals surface area contributed by atoms with Gasteiger partial charge in [-0.1, -0.05) is 0 Å². The Morgan fingerprint density at radius 2 is 1.67 bits per heavy atom. The molecule has 2 rings (SSSR count). The fraction of sp³-hybridized carbons (Fsp3) is 0.125. The third-order valence-electron chi connectivity index (χ3n) is 1.76. The summed E-state index contributed by atoms with van der Waals surface area (Å²) < 4.78 is 1.93. The first-order valence-electron chi connectivity index (χ1n) is 4.36. The predicted molar refractivity (Wildman–Crippen MR) is 56.7 cm³/mol. The summed E-state index contributed by atoms with van der Waals surface area (Å²) in [5.41, 5.74) is 10.8. The summed E-state index contributed by atoms with van der Waals surface area (Å²) in [6.45, 7) is 0.551. The van der Waals surface area contributed by atoms with Gasteiger partial charge in [0, 0.05) is 12.4 Å². The minimum absolute atomic E-state index is 0.109. The summed E-state index contributed by atoms with van der Waals surface area (Å²) in [5, 5.41) is 2.97. The topological polar surface area (TPSA) is 108 Å². The molecular weight excluding hydrogens is 194 g/mol. The van der Waals surface area contributed by atoms with Crippen LogP contribution in [0.2, 0.25) is 0 Å². The van der Waals surface area contributed by atoms with Crippen LogP contribution in [0.4, 0.5) is 17.8 Å². The van der Waals surface area contributed by atoms with Crippen molar-refractivity contribution >= 4 is 17.8 Å². The Balaban J connectivity index is 2.05. The molecule has 78 valence electrons. The number of nitrogens with one attached hydrogen (secondary N) is 1. The quantitative estimate of drug-likeness (QED) is 0.646. The Kier molecular flexibility index (Phi) is 2.36. The Morgan fingerprint density at radius 3 is 2.27 bits per heavy atom. The Bertz CT molecular complexity index is 416. The maximum atomic E-state index is 5.42. The number of anilines is 3. The molecule has 0 bridgehead atoms. The van der Waals surface area contributed by atoms with Crippen LogP contribution in [0.15, 0.2) is 24.5 Å². The van der Waals surface area contributed by atoms with E-state index in [0.717, 1.165) is 0 Å². The number of rotatable bonds is 3. The van der Waals surface area contributed by atoms with E-state index in [0.29, 0.717) is 12.6 Å². The summed E-state index contributed by atoms with van der Waals surface area (Å²) >= 11 is 0. The third-order valence-corrected chi connectivity index (χ3v) is 1.76. The van der Waals surface area contributed by atoms with Gasteiger partial charge in [0.1, 0.15) is 0 Å². The fourth-order valence-electron chi connectivity index (χ4n) is 1.13. The highest BCUT2D eigenvalue weighted by atomic mass is 15.2. The van der Waals surface area contributed by atoms with E-state index in [-0.39, 0.29) is 11.9 Å². The summed E-state index contributed by atoms with van der Waals surface area (Å²) in [6.07, 6.45) is 3.84. The molecule has 2 aromatic rings. The van der Waals surface area contributed by atoms with Gasteiger partial charge in [-0.15, -0.1) is 0 Å². The molecule has 0 fully saturated rings. The summed E-state index contributed by atoms with van der Waals surface area (Å²) in [7, 11) is 0. The first-order valence-corrected chi connectivity index (χ1v) is 4.36. The van der Waals surface area contributed by atoms with Crippen molar-refractivity contribution in [1.29, 1.82) is 0 Å². The average molecular weight is 205 g/mol. The van der Waals surface area contributed by atoms with Gasteiger partial charge >= 0.3 is 0 Å². The third kappa shape index (κ3) is 2.33. The van der Waals surface area contributed by atoms with Crippen LogP contribution in [0.5, 0.6) is 0 Å². The number of nitrogen functional groups attached to an aromatic ring is 2. The van der Waals surface area contributed by atoms with Crippen LogP contribution in [0.25, 0.3) is 0 Å². The standard InChI is InChI=1S/C8H11N7/c9-6-12-7(10)14-8(13-6)11-5-15-3-1-2-4-15/h1-4H,5H2,(H5,9,10,11,12,13,14). The van der Waals surface area contributed by atoms with Crippen molar-refractivity contribution in [3.05, 3.63) is 24.5 Å². The molecule has 5 N–H and O–H groups in total. The average Bonchev–Trinajstić information content (AvgIpc) is 2.65. The second kappa shape index (κ2) is 3.82. The molecule has 0 radical (unpaired) electrons. The van der Waals surface area contributed by atoms with Gasteiger partial charge in [-0.25, -0.2) is 0 Å². The van der Waals surface area contributed by atoms with Crippen LogP contribution in [-0.4, -0.2) is 19.5 Å². The monoisotopic (exact) mass is 205 g/mol. The molecule has 0 unspecified atom stereocenters. The van der Waals surface area contributed by atoms with Crippen molar-refractivity contribution in [3.63, 3.8) is 0 Å². The number of aromatic nitrogens is 4. The van der Waals surface area contributed by atoms with E-state index in [1.54, 1.807) is 0 Å². The highest BCUT2D eigenvalue weighted by Gasteiger charge is 2.00.